The van der Waals surface area contributed by atoms with Crippen molar-refractivity contribution in [3.63, 3.8) is 0 Å². The molecule has 572 valence electrons. The normalized spacial score (nSPS) is 14.2. The van der Waals surface area contributed by atoms with Gasteiger partial charge in [0.2, 0.25) is 0 Å². The second-order valence-corrected chi connectivity index (χ2v) is 29.5. The second-order valence-electron chi connectivity index (χ2n) is 26.6. The molecule has 0 aromatic carbocycles. The number of esters is 4. The van der Waals surface area contributed by atoms with E-state index in [9.17, 15) is 43.2 Å². The number of phosphoric acid groups is 2. The van der Waals surface area contributed by atoms with Crippen LogP contribution in [0.3, 0.4) is 0 Å². The number of aliphatic hydroxyl groups excluding tert-OH is 1. The third-order valence-corrected chi connectivity index (χ3v) is 18.9. The first-order chi connectivity index (χ1) is 47.7. The number of hydrogen-bond donors (Lipinski definition) is 3. The molecule has 0 spiro atoms. The largest absolute Gasteiger partial charge is 0.472 e. The van der Waals surface area contributed by atoms with Crippen molar-refractivity contribution in [1.82, 2.24) is 0 Å². The Kier molecular flexibility index (Phi) is 69.7. The van der Waals surface area contributed by atoms with Gasteiger partial charge in [0.15, 0.2) is 12.2 Å². The third-order valence-electron chi connectivity index (χ3n) is 17.0. The molecule has 0 aromatic rings. The first kappa shape index (κ1) is 94.8. The second kappa shape index (κ2) is 72.1. The molecular weight excluding hydrogens is 1280 g/mol. The fourth-order valence-corrected chi connectivity index (χ4v) is 12.6. The van der Waals surface area contributed by atoms with Crippen LogP contribution in [0.25, 0.3) is 0 Å². The fourth-order valence-electron chi connectivity index (χ4n) is 11.0. The zero-order chi connectivity index (χ0) is 71.8. The van der Waals surface area contributed by atoms with E-state index in [0.717, 1.165) is 148 Å². The predicted octanol–water partition coefficient (Wildman–Crippen LogP) is 22.7. The molecule has 0 amide bonds. The topological polar surface area (TPSA) is 237 Å². The van der Waals surface area contributed by atoms with E-state index >= 15 is 0 Å². The van der Waals surface area contributed by atoms with Crippen LogP contribution in [-0.4, -0.2) is 96.7 Å². The average Bonchev–Trinajstić information content (AvgIpc) is 1.00. The summed E-state index contributed by atoms with van der Waals surface area (Å²) in [6.07, 6.45) is 70.6. The number of unbranched alkanes of at least 4 members (excludes halogenated alkanes) is 39. The molecule has 0 aromatic heterocycles. The van der Waals surface area contributed by atoms with E-state index in [2.05, 4.69) is 88.5 Å². The van der Waals surface area contributed by atoms with Gasteiger partial charge >= 0.3 is 39.5 Å². The molecule has 17 nitrogen and oxygen atoms in total. The van der Waals surface area contributed by atoms with Crippen molar-refractivity contribution in [2.45, 2.75) is 380 Å². The molecule has 98 heavy (non-hydrogen) atoms. The molecule has 0 bridgehead atoms. The Morgan fingerprint density at radius 2 is 0.531 bits per heavy atom. The molecule has 3 N–H and O–H groups in total. The zero-order valence-corrected chi connectivity index (χ0v) is 64.3. The summed E-state index contributed by atoms with van der Waals surface area (Å²) in [5.74, 6) is -2.16. The van der Waals surface area contributed by atoms with Crippen molar-refractivity contribution in [2.75, 3.05) is 39.6 Å². The van der Waals surface area contributed by atoms with E-state index in [0.29, 0.717) is 25.7 Å². The maximum Gasteiger partial charge on any atom is 0.472 e. The van der Waals surface area contributed by atoms with E-state index in [1.165, 1.54) is 135 Å². The Balaban J connectivity index is 5.27. The van der Waals surface area contributed by atoms with Crippen LogP contribution in [0.1, 0.15) is 362 Å². The summed E-state index contributed by atoms with van der Waals surface area (Å²) in [5, 5.41) is 10.6. The minimum Gasteiger partial charge on any atom is -0.462 e. The van der Waals surface area contributed by atoms with E-state index in [4.69, 9.17) is 37.0 Å². The van der Waals surface area contributed by atoms with Crippen LogP contribution in [0.4, 0.5) is 0 Å². The fraction of sp³-hybridized carbons (Fsp3) is 0.823. The average molecular weight is 1430 g/mol. The summed E-state index contributed by atoms with van der Waals surface area (Å²) in [4.78, 5) is 72.9. The Hall–Kier alpha value is -3.24. The summed E-state index contributed by atoms with van der Waals surface area (Å²) >= 11 is 0. The number of ether oxygens (including phenoxy) is 4. The maximum atomic E-state index is 13.1. The number of aliphatic hydroxyl groups is 1. The zero-order valence-electron chi connectivity index (χ0n) is 62.5. The molecule has 0 saturated heterocycles. The molecule has 5 atom stereocenters. The monoisotopic (exact) mass is 1430 g/mol. The van der Waals surface area contributed by atoms with Crippen LogP contribution in [-0.2, 0) is 65.4 Å². The van der Waals surface area contributed by atoms with Gasteiger partial charge in [-0.1, -0.05) is 307 Å². The lowest BCUT2D eigenvalue weighted by Crippen LogP contribution is -2.30. The highest BCUT2D eigenvalue weighted by molar-refractivity contribution is 7.47. The highest BCUT2D eigenvalue weighted by atomic mass is 31.2. The van der Waals surface area contributed by atoms with Gasteiger partial charge in [-0.15, -0.1) is 0 Å². The minimum atomic E-state index is -4.97. The van der Waals surface area contributed by atoms with Crippen molar-refractivity contribution < 1.29 is 80.2 Å². The van der Waals surface area contributed by atoms with Crippen LogP contribution in [0.15, 0.2) is 60.8 Å². The first-order valence-corrected chi connectivity index (χ1v) is 42.5. The quantitative estimate of drug-likeness (QED) is 0.0169. The van der Waals surface area contributed by atoms with E-state index in [-0.39, 0.29) is 25.7 Å². The van der Waals surface area contributed by atoms with Crippen molar-refractivity contribution >= 4 is 39.5 Å². The Morgan fingerprint density at radius 1 is 0.296 bits per heavy atom. The van der Waals surface area contributed by atoms with Crippen molar-refractivity contribution in [3.8, 4) is 0 Å². The number of allylic oxidation sites excluding steroid dienone is 10. The minimum absolute atomic E-state index is 0.0910. The predicted molar refractivity (Wildman–Crippen MR) is 400 cm³/mol. The Morgan fingerprint density at radius 3 is 0.837 bits per heavy atom. The molecule has 0 rings (SSSR count). The summed E-state index contributed by atoms with van der Waals surface area (Å²) in [7, 11) is -9.93. The highest BCUT2D eigenvalue weighted by Gasteiger charge is 2.30. The van der Waals surface area contributed by atoms with Gasteiger partial charge in [-0.25, -0.2) is 9.13 Å². The molecule has 0 radical (unpaired) electrons. The lowest BCUT2D eigenvalue weighted by molar-refractivity contribution is -0.161. The van der Waals surface area contributed by atoms with Crippen LogP contribution in [0.2, 0.25) is 0 Å². The van der Waals surface area contributed by atoms with Gasteiger partial charge in [0.1, 0.15) is 19.3 Å². The van der Waals surface area contributed by atoms with Gasteiger partial charge < -0.3 is 33.8 Å². The number of hydrogen-bond acceptors (Lipinski definition) is 15. The SMILES string of the molecule is CC/C=C\C/C=C\C/C=C\C/C=C\CCCCCCCCC(=O)OCC(COP(=O)(O)OCC(O)COP(=O)(O)OCC(COC(=O)CCCCCCCCCCCCCCCCC)OC(=O)CCCCCCC/C=C\CCCCCC)OC(=O)CCCCCCCCCCCCC. The lowest BCUT2D eigenvalue weighted by Gasteiger charge is -2.21. The molecule has 19 heteroatoms. The standard InChI is InChI=1S/C79H144O17P2/c1-5-9-13-17-21-25-29-32-34-35-36-37-39-42-45-48-52-56-60-64-77(82)89-69-74(95-78(83)65-61-57-53-49-43-28-24-20-16-12-8-4)71-93-97(85,86)91-67-73(80)68-92-98(87,88)94-72-75(96-79(84)66-62-58-54-50-46-40-31-27-23-19-15-11-7-3)70-90-76(81)63-59-55-51-47-44-41-38-33-30-26-22-18-14-10-6-2/h9,13,21,25,27,31-32,34,36-37,73-75,80H,5-8,10-12,14-20,22-24,26,28-30,33,35,38-72H2,1-4H3,(H,85,86)(H,87,88)/b13-9-,25-21-,31-27-,34-32-,37-36-. The van der Waals surface area contributed by atoms with Gasteiger partial charge in [-0.3, -0.25) is 37.3 Å². The molecule has 0 saturated carbocycles. The number of phosphoric ester groups is 2. The molecular formula is C79H144O17P2. The number of carbonyl (C=O) groups excluding carboxylic acids is 4. The van der Waals surface area contributed by atoms with Crippen LogP contribution in [0, 0.1) is 0 Å². The smallest absolute Gasteiger partial charge is 0.462 e. The van der Waals surface area contributed by atoms with Crippen molar-refractivity contribution in [1.29, 1.82) is 0 Å². The summed E-state index contributed by atoms with van der Waals surface area (Å²) in [6.45, 7) is 4.78. The van der Waals surface area contributed by atoms with Crippen molar-refractivity contribution in [3.05, 3.63) is 60.8 Å². The number of rotatable bonds is 75. The molecule has 0 heterocycles. The molecule has 0 fully saturated rings. The van der Waals surface area contributed by atoms with Crippen LogP contribution in [0.5, 0.6) is 0 Å². The third kappa shape index (κ3) is 71.2. The van der Waals surface area contributed by atoms with Crippen LogP contribution < -0.4 is 0 Å². The first-order valence-electron chi connectivity index (χ1n) is 39.5. The van der Waals surface area contributed by atoms with Crippen LogP contribution >= 0.6 is 15.6 Å². The molecule has 5 unspecified atom stereocenters. The van der Waals surface area contributed by atoms with Crippen molar-refractivity contribution in [2.24, 2.45) is 0 Å². The maximum absolute atomic E-state index is 13.1. The number of carbonyl (C=O) groups is 4. The lowest BCUT2D eigenvalue weighted by atomic mass is 10.0. The molecule has 0 aliphatic carbocycles. The van der Waals surface area contributed by atoms with E-state index in [1.807, 2.05) is 0 Å². The van der Waals surface area contributed by atoms with E-state index in [1.54, 1.807) is 0 Å². The Labute approximate surface area is 597 Å². The van der Waals surface area contributed by atoms with Gasteiger partial charge in [0.25, 0.3) is 0 Å². The molecule has 0 aliphatic heterocycles. The highest BCUT2D eigenvalue weighted by Crippen LogP contribution is 2.45. The summed E-state index contributed by atoms with van der Waals surface area (Å²) < 4.78 is 68.5. The van der Waals surface area contributed by atoms with Gasteiger partial charge in [0.05, 0.1) is 26.4 Å². The Bertz CT molecular complexity index is 2100. The van der Waals surface area contributed by atoms with Gasteiger partial charge in [-0.05, 0) is 89.9 Å². The summed E-state index contributed by atoms with van der Waals surface area (Å²) in [6, 6.07) is 0. The van der Waals surface area contributed by atoms with E-state index < -0.39 is 97.5 Å². The summed E-state index contributed by atoms with van der Waals surface area (Å²) in [5.41, 5.74) is 0. The van der Waals surface area contributed by atoms with Gasteiger partial charge in [-0.2, -0.15) is 0 Å². The molecule has 0 aliphatic rings. The van der Waals surface area contributed by atoms with Gasteiger partial charge in [0, 0.05) is 25.7 Å².